The van der Waals surface area contributed by atoms with Crippen LogP contribution < -0.4 is 4.90 Å². The summed E-state index contributed by atoms with van der Waals surface area (Å²) < 4.78 is 6.52. The molecular formula is C33H25NO. The first-order chi connectivity index (χ1) is 17.1. The van der Waals surface area contributed by atoms with E-state index in [1.807, 2.05) is 6.07 Å². The van der Waals surface area contributed by atoms with Gasteiger partial charge in [0.1, 0.15) is 11.2 Å². The number of para-hydroxylation sites is 3. The molecule has 0 saturated heterocycles. The Morgan fingerprint density at radius 3 is 1.97 bits per heavy atom. The maximum atomic E-state index is 6.52. The SMILES string of the molecule is CC1(C)c2cccc(N(c3ccccc3)c3ccccc3)c2-c2ccc3c(oc4ccccc43)c21. The van der Waals surface area contributed by atoms with E-state index in [1.165, 1.54) is 38.7 Å². The van der Waals surface area contributed by atoms with E-state index in [2.05, 4.69) is 128 Å². The van der Waals surface area contributed by atoms with E-state index in [9.17, 15) is 0 Å². The topological polar surface area (TPSA) is 16.4 Å². The van der Waals surface area contributed by atoms with Crippen molar-refractivity contribution in [3.63, 3.8) is 0 Å². The molecule has 0 atom stereocenters. The van der Waals surface area contributed by atoms with Gasteiger partial charge in [0.25, 0.3) is 0 Å². The Labute approximate surface area is 205 Å². The molecule has 6 aromatic rings. The van der Waals surface area contributed by atoms with Crippen LogP contribution in [0.3, 0.4) is 0 Å². The number of rotatable bonds is 3. The Morgan fingerprint density at radius 2 is 1.26 bits per heavy atom. The lowest BCUT2D eigenvalue weighted by Crippen LogP contribution is -2.16. The normalized spacial score (nSPS) is 13.7. The van der Waals surface area contributed by atoms with E-state index in [-0.39, 0.29) is 5.41 Å². The van der Waals surface area contributed by atoms with Gasteiger partial charge in [-0.25, -0.2) is 0 Å². The zero-order chi connectivity index (χ0) is 23.6. The summed E-state index contributed by atoms with van der Waals surface area (Å²) in [4.78, 5) is 2.37. The van der Waals surface area contributed by atoms with Gasteiger partial charge >= 0.3 is 0 Å². The minimum Gasteiger partial charge on any atom is -0.456 e. The van der Waals surface area contributed by atoms with Crippen LogP contribution in [0.15, 0.2) is 120 Å². The molecule has 7 rings (SSSR count). The minimum atomic E-state index is -0.187. The molecule has 0 aliphatic heterocycles. The molecule has 1 aliphatic rings. The molecule has 1 heterocycles. The summed E-state index contributed by atoms with van der Waals surface area (Å²) >= 11 is 0. The number of hydrogen-bond acceptors (Lipinski definition) is 2. The van der Waals surface area contributed by atoms with E-state index in [1.54, 1.807) is 0 Å². The maximum Gasteiger partial charge on any atom is 0.140 e. The van der Waals surface area contributed by atoms with Crippen molar-refractivity contribution in [2.45, 2.75) is 19.3 Å². The Bertz CT molecular complexity index is 1670. The molecule has 5 aromatic carbocycles. The van der Waals surface area contributed by atoms with Crippen LogP contribution in [0.25, 0.3) is 33.1 Å². The molecule has 0 bridgehead atoms. The third-order valence-corrected chi connectivity index (χ3v) is 7.43. The van der Waals surface area contributed by atoms with Crippen molar-refractivity contribution in [1.29, 1.82) is 0 Å². The van der Waals surface area contributed by atoms with E-state index < -0.39 is 0 Å². The summed E-state index contributed by atoms with van der Waals surface area (Å²) in [6.07, 6.45) is 0. The number of nitrogens with zero attached hydrogens (tertiary/aromatic N) is 1. The maximum absolute atomic E-state index is 6.52. The summed E-state index contributed by atoms with van der Waals surface area (Å²) in [5, 5.41) is 2.36. The van der Waals surface area contributed by atoms with E-state index >= 15 is 0 Å². The standard InChI is InChI=1S/C33H25NO/c1-33(2)27-17-11-18-28(34(22-12-5-3-6-13-22)23-14-7-4-8-15-23)30(27)26-21-20-25-24-16-9-10-19-29(24)35-32(25)31(26)33/h3-21H,1-2H3. The summed E-state index contributed by atoms with van der Waals surface area (Å²) in [6.45, 7) is 4.65. The fourth-order valence-corrected chi connectivity index (χ4v) is 5.86. The number of fused-ring (bicyclic) bond motifs is 7. The smallest absolute Gasteiger partial charge is 0.140 e. The summed E-state index contributed by atoms with van der Waals surface area (Å²) in [5.74, 6) is 0. The van der Waals surface area contributed by atoms with Crippen molar-refractivity contribution in [3.05, 3.63) is 126 Å². The highest BCUT2D eigenvalue weighted by molar-refractivity contribution is 6.10. The lowest BCUT2D eigenvalue weighted by Gasteiger charge is -2.28. The molecule has 2 heteroatoms. The first-order valence-electron chi connectivity index (χ1n) is 12.1. The molecule has 0 amide bonds. The van der Waals surface area contributed by atoms with Crippen molar-refractivity contribution in [2.24, 2.45) is 0 Å². The van der Waals surface area contributed by atoms with Crippen LogP contribution in [0.1, 0.15) is 25.0 Å². The summed E-state index contributed by atoms with van der Waals surface area (Å²) in [5.41, 5.74) is 10.4. The highest BCUT2D eigenvalue weighted by Crippen LogP contribution is 2.56. The molecule has 0 unspecified atom stereocenters. The van der Waals surface area contributed by atoms with E-state index in [4.69, 9.17) is 4.42 Å². The van der Waals surface area contributed by atoms with Gasteiger partial charge in [0.05, 0.1) is 5.69 Å². The average Bonchev–Trinajstić information content (AvgIpc) is 3.38. The van der Waals surface area contributed by atoms with E-state index in [0.717, 1.165) is 22.5 Å². The molecule has 35 heavy (non-hydrogen) atoms. The van der Waals surface area contributed by atoms with Gasteiger partial charge in [-0.2, -0.15) is 0 Å². The Balaban J connectivity index is 1.55. The zero-order valence-electron chi connectivity index (χ0n) is 19.8. The number of hydrogen-bond donors (Lipinski definition) is 0. The van der Waals surface area contributed by atoms with Gasteiger partial charge in [-0.3, -0.25) is 0 Å². The summed E-state index contributed by atoms with van der Waals surface area (Å²) in [7, 11) is 0. The molecule has 0 radical (unpaired) electrons. The van der Waals surface area contributed by atoms with Gasteiger partial charge < -0.3 is 9.32 Å². The van der Waals surface area contributed by atoms with Crippen LogP contribution in [-0.2, 0) is 5.41 Å². The van der Waals surface area contributed by atoms with Crippen molar-refractivity contribution in [1.82, 2.24) is 0 Å². The third-order valence-electron chi connectivity index (χ3n) is 7.43. The van der Waals surface area contributed by atoms with Crippen molar-refractivity contribution in [3.8, 4) is 11.1 Å². The molecule has 1 aliphatic carbocycles. The Morgan fingerprint density at radius 1 is 0.600 bits per heavy atom. The number of furan rings is 1. The van der Waals surface area contributed by atoms with Crippen LogP contribution >= 0.6 is 0 Å². The largest absolute Gasteiger partial charge is 0.456 e. The second kappa shape index (κ2) is 7.35. The molecule has 0 saturated carbocycles. The van der Waals surface area contributed by atoms with Gasteiger partial charge in [-0.15, -0.1) is 0 Å². The molecule has 2 nitrogen and oxygen atoms in total. The second-order valence-corrected chi connectivity index (χ2v) is 9.79. The molecule has 1 aromatic heterocycles. The van der Waals surface area contributed by atoms with Gasteiger partial charge in [0, 0.05) is 38.7 Å². The van der Waals surface area contributed by atoms with Gasteiger partial charge in [-0.1, -0.05) is 86.6 Å². The number of anilines is 3. The minimum absolute atomic E-state index is 0.187. The van der Waals surface area contributed by atoms with Crippen molar-refractivity contribution in [2.75, 3.05) is 4.90 Å². The summed E-state index contributed by atoms with van der Waals surface area (Å²) in [6, 6.07) is 40.8. The highest BCUT2D eigenvalue weighted by Gasteiger charge is 2.40. The fourth-order valence-electron chi connectivity index (χ4n) is 5.86. The first-order valence-corrected chi connectivity index (χ1v) is 12.1. The Hall–Kier alpha value is -4.30. The van der Waals surface area contributed by atoms with Crippen molar-refractivity contribution >= 4 is 39.0 Å². The quantitative estimate of drug-likeness (QED) is 0.266. The van der Waals surface area contributed by atoms with Crippen LogP contribution in [0.4, 0.5) is 17.1 Å². The Kier molecular flexibility index (Phi) is 4.22. The average molecular weight is 452 g/mol. The third kappa shape index (κ3) is 2.83. The molecule has 0 N–H and O–H groups in total. The molecular weight excluding hydrogens is 426 g/mol. The van der Waals surface area contributed by atoms with Gasteiger partial charge in [0.15, 0.2) is 0 Å². The van der Waals surface area contributed by atoms with E-state index in [0.29, 0.717) is 0 Å². The predicted molar refractivity (Wildman–Crippen MR) is 146 cm³/mol. The zero-order valence-corrected chi connectivity index (χ0v) is 19.8. The highest BCUT2D eigenvalue weighted by atomic mass is 16.3. The first kappa shape index (κ1) is 20.1. The molecule has 168 valence electrons. The van der Waals surface area contributed by atoms with Gasteiger partial charge in [-0.05, 0) is 53.6 Å². The molecule has 0 fully saturated rings. The fraction of sp³-hybridized carbons (Fsp3) is 0.0909. The van der Waals surface area contributed by atoms with Crippen LogP contribution in [-0.4, -0.2) is 0 Å². The monoisotopic (exact) mass is 451 g/mol. The van der Waals surface area contributed by atoms with Crippen LogP contribution in [0, 0.1) is 0 Å². The van der Waals surface area contributed by atoms with Crippen LogP contribution in [0.5, 0.6) is 0 Å². The van der Waals surface area contributed by atoms with Crippen LogP contribution in [0.2, 0.25) is 0 Å². The van der Waals surface area contributed by atoms with Crippen molar-refractivity contribution < 1.29 is 4.42 Å². The lowest BCUT2D eigenvalue weighted by molar-refractivity contribution is 0.620. The lowest BCUT2D eigenvalue weighted by atomic mass is 9.81. The second-order valence-electron chi connectivity index (χ2n) is 9.79. The predicted octanol–water partition coefficient (Wildman–Crippen LogP) is 9.36. The number of benzene rings is 5. The molecule has 0 spiro atoms. The van der Waals surface area contributed by atoms with Gasteiger partial charge in [0.2, 0.25) is 0 Å².